The maximum atomic E-state index is 6.16. The molecule has 1 aliphatic carbocycles. The Bertz CT molecular complexity index is 1050. The fourth-order valence-corrected chi connectivity index (χ4v) is 3.22. The van der Waals surface area contributed by atoms with Crippen molar-refractivity contribution < 1.29 is 4.52 Å². The van der Waals surface area contributed by atoms with Gasteiger partial charge in [0.25, 0.3) is 0 Å². The van der Waals surface area contributed by atoms with E-state index >= 15 is 0 Å². The van der Waals surface area contributed by atoms with Gasteiger partial charge in [0.05, 0.1) is 5.39 Å². The Hall–Kier alpha value is -3.15. The minimum atomic E-state index is 0.461. The fourth-order valence-electron chi connectivity index (χ4n) is 3.22. The number of nitrogen functional groups attached to an aromatic ring is 1. The predicted molar refractivity (Wildman–Crippen MR) is 95.0 cm³/mol. The summed E-state index contributed by atoms with van der Waals surface area (Å²) in [4.78, 5) is 8.62. The highest BCUT2D eigenvalue weighted by Crippen LogP contribution is 2.42. The standard InChI is InChI=1S/C19H17N5O/c20-18-17-14(15-8-16(25-23-15)13-6-7-13)10-24(19(17)22-11-21-18)9-12-4-2-1-3-5-12/h1-5,8,10-11,13H,6-7,9H2,(H2,20,21,22). The zero-order chi connectivity index (χ0) is 16.8. The van der Waals surface area contributed by atoms with Gasteiger partial charge in [0.15, 0.2) is 0 Å². The minimum absolute atomic E-state index is 0.461. The molecule has 0 bridgehead atoms. The van der Waals surface area contributed by atoms with Crippen LogP contribution in [0.15, 0.2) is 53.4 Å². The van der Waals surface area contributed by atoms with Crippen molar-refractivity contribution in [2.75, 3.05) is 5.73 Å². The largest absolute Gasteiger partial charge is 0.383 e. The molecule has 2 N–H and O–H groups in total. The van der Waals surface area contributed by atoms with Crippen LogP contribution in [0, 0.1) is 0 Å². The molecule has 0 radical (unpaired) electrons. The van der Waals surface area contributed by atoms with Crippen LogP contribution in [-0.4, -0.2) is 19.7 Å². The van der Waals surface area contributed by atoms with Gasteiger partial charge < -0.3 is 14.8 Å². The van der Waals surface area contributed by atoms with Gasteiger partial charge in [-0.15, -0.1) is 0 Å². The molecule has 0 unspecified atom stereocenters. The summed E-state index contributed by atoms with van der Waals surface area (Å²) in [6, 6.07) is 12.3. The van der Waals surface area contributed by atoms with Crippen LogP contribution >= 0.6 is 0 Å². The van der Waals surface area contributed by atoms with Crippen LogP contribution in [0.2, 0.25) is 0 Å². The molecule has 1 aromatic carbocycles. The lowest BCUT2D eigenvalue weighted by Crippen LogP contribution is -2.00. The van der Waals surface area contributed by atoms with E-state index in [1.54, 1.807) is 0 Å². The van der Waals surface area contributed by atoms with Crippen molar-refractivity contribution in [1.82, 2.24) is 19.7 Å². The summed E-state index contributed by atoms with van der Waals surface area (Å²) in [5, 5.41) is 5.09. The monoisotopic (exact) mass is 331 g/mol. The van der Waals surface area contributed by atoms with Crippen molar-refractivity contribution in [2.24, 2.45) is 0 Å². The van der Waals surface area contributed by atoms with E-state index in [2.05, 4.69) is 31.8 Å². The van der Waals surface area contributed by atoms with Gasteiger partial charge in [0.1, 0.15) is 29.2 Å². The molecule has 3 aromatic heterocycles. The third-order valence-corrected chi connectivity index (χ3v) is 4.66. The molecule has 124 valence electrons. The van der Waals surface area contributed by atoms with Gasteiger partial charge in [-0.3, -0.25) is 0 Å². The maximum absolute atomic E-state index is 6.16. The van der Waals surface area contributed by atoms with E-state index in [0.29, 0.717) is 18.3 Å². The lowest BCUT2D eigenvalue weighted by atomic mass is 10.1. The third kappa shape index (κ3) is 2.46. The van der Waals surface area contributed by atoms with Crippen molar-refractivity contribution in [2.45, 2.75) is 25.3 Å². The van der Waals surface area contributed by atoms with Crippen molar-refractivity contribution in [3.8, 4) is 11.3 Å². The summed E-state index contributed by atoms with van der Waals surface area (Å²) in [6.07, 6.45) is 5.89. The van der Waals surface area contributed by atoms with E-state index in [-0.39, 0.29) is 0 Å². The number of aromatic nitrogens is 4. The number of hydrogen-bond donors (Lipinski definition) is 1. The van der Waals surface area contributed by atoms with Crippen LogP contribution < -0.4 is 5.73 Å². The molecule has 0 spiro atoms. The Morgan fingerprint density at radius 1 is 1.16 bits per heavy atom. The molecule has 0 atom stereocenters. The lowest BCUT2D eigenvalue weighted by molar-refractivity contribution is 0.386. The van der Waals surface area contributed by atoms with E-state index < -0.39 is 0 Å². The number of anilines is 1. The Morgan fingerprint density at radius 2 is 2.00 bits per heavy atom. The minimum Gasteiger partial charge on any atom is -0.383 e. The summed E-state index contributed by atoms with van der Waals surface area (Å²) >= 11 is 0. The number of nitrogens with two attached hydrogens (primary N) is 1. The molecule has 1 fully saturated rings. The van der Waals surface area contributed by atoms with Crippen LogP contribution in [0.3, 0.4) is 0 Å². The highest BCUT2D eigenvalue weighted by molar-refractivity contribution is 5.99. The summed E-state index contributed by atoms with van der Waals surface area (Å²) in [7, 11) is 0. The van der Waals surface area contributed by atoms with Crippen molar-refractivity contribution in [3.63, 3.8) is 0 Å². The summed E-state index contributed by atoms with van der Waals surface area (Å²) in [5.74, 6) is 1.93. The number of hydrogen-bond acceptors (Lipinski definition) is 5. The topological polar surface area (TPSA) is 82.8 Å². The molecule has 1 saturated carbocycles. The molecule has 25 heavy (non-hydrogen) atoms. The third-order valence-electron chi connectivity index (χ3n) is 4.66. The van der Waals surface area contributed by atoms with E-state index in [1.807, 2.05) is 30.5 Å². The summed E-state index contributed by atoms with van der Waals surface area (Å²) < 4.78 is 7.61. The van der Waals surface area contributed by atoms with Gasteiger partial charge in [-0.1, -0.05) is 35.5 Å². The van der Waals surface area contributed by atoms with Gasteiger partial charge in [-0.2, -0.15) is 0 Å². The van der Waals surface area contributed by atoms with Gasteiger partial charge in [0.2, 0.25) is 0 Å². The smallest absolute Gasteiger partial charge is 0.146 e. The Balaban J connectivity index is 1.64. The second-order valence-electron chi connectivity index (χ2n) is 6.50. The first kappa shape index (κ1) is 14.2. The highest BCUT2D eigenvalue weighted by Gasteiger charge is 2.28. The van der Waals surface area contributed by atoms with Crippen molar-refractivity contribution in [3.05, 3.63) is 60.2 Å². The molecular weight excluding hydrogens is 314 g/mol. The molecule has 0 amide bonds. The molecule has 6 nitrogen and oxygen atoms in total. The van der Waals surface area contributed by atoms with E-state index in [0.717, 1.165) is 28.1 Å². The number of rotatable bonds is 4. The first-order valence-corrected chi connectivity index (χ1v) is 8.40. The first-order chi connectivity index (χ1) is 12.3. The normalized spacial score (nSPS) is 14.2. The average Bonchev–Trinajstić information content (AvgIpc) is 3.25. The van der Waals surface area contributed by atoms with Crippen molar-refractivity contribution in [1.29, 1.82) is 0 Å². The number of benzene rings is 1. The van der Waals surface area contributed by atoms with Gasteiger partial charge in [-0.25, -0.2) is 9.97 Å². The quantitative estimate of drug-likeness (QED) is 0.618. The lowest BCUT2D eigenvalue weighted by Gasteiger charge is -2.04. The molecule has 5 rings (SSSR count). The van der Waals surface area contributed by atoms with Crippen LogP contribution in [0.5, 0.6) is 0 Å². The van der Waals surface area contributed by atoms with E-state index in [9.17, 15) is 0 Å². The van der Waals surface area contributed by atoms with Gasteiger partial charge in [-0.05, 0) is 18.4 Å². The number of nitrogens with zero attached hydrogens (tertiary/aromatic N) is 4. The van der Waals surface area contributed by atoms with E-state index in [1.165, 1.54) is 24.7 Å². The molecule has 0 saturated heterocycles. The van der Waals surface area contributed by atoms with Crippen molar-refractivity contribution >= 4 is 16.9 Å². The zero-order valence-corrected chi connectivity index (χ0v) is 13.6. The Labute approximate surface area is 144 Å². The zero-order valence-electron chi connectivity index (χ0n) is 13.6. The van der Waals surface area contributed by atoms with Crippen LogP contribution in [0.4, 0.5) is 5.82 Å². The second-order valence-corrected chi connectivity index (χ2v) is 6.50. The molecule has 0 aliphatic heterocycles. The van der Waals surface area contributed by atoms with Gasteiger partial charge in [0, 0.05) is 30.3 Å². The highest BCUT2D eigenvalue weighted by atomic mass is 16.5. The molecule has 6 heteroatoms. The molecule has 3 heterocycles. The summed E-state index contributed by atoms with van der Waals surface area (Å²) in [6.45, 7) is 0.709. The van der Waals surface area contributed by atoms with E-state index in [4.69, 9.17) is 10.3 Å². The van der Waals surface area contributed by atoms with Crippen LogP contribution in [0.25, 0.3) is 22.3 Å². The Morgan fingerprint density at radius 3 is 2.80 bits per heavy atom. The molecule has 1 aliphatic rings. The molecular formula is C19H17N5O. The van der Waals surface area contributed by atoms with Crippen LogP contribution in [-0.2, 0) is 6.54 Å². The summed E-state index contributed by atoms with van der Waals surface area (Å²) in [5.41, 5.74) is 9.87. The second kappa shape index (κ2) is 5.44. The number of fused-ring (bicyclic) bond motifs is 1. The van der Waals surface area contributed by atoms with Gasteiger partial charge >= 0.3 is 0 Å². The van der Waals surface area contributed by atoms with Crippen LogP contribution in [0.1, 0.15) is 30.1 Å². The average molecular weight is 331 g/mol. The maximum Gasteiger partial charge on any atom is 0.146 e. The molecule has 4 aromatic rings. The fraction of sp³-hybridized carbons (Fsp3) is 0.211. The predicted octanol–water partition coefficient (Wildman–Crippen LogP) is 3.59. The first-order valence-electron chi connectivity index (χ1n) is 8.40. The SMILES string of the molecule is Nc1ncnc2c1c(-c1cc(C3CC3)on1)cn2Cc1ccccc1. The Kier molecular flexibility index (Phi) is 3.09.